The third-order valence-corrected chi connectivity index (χ3v) is 3.15. The molecular formula is C13H27N3O2. The number of carbonyl (C=O) groups excluding carboxylic acids is 1. The molecule has 3 N–H and O–H groups in total. The number of hydrogen-bond donors (Lipinski definition) is 2. The molecule has 1 aliphatic heterocycles. The predicted molar refractivity (Wildman–Crippen MR) is 72.4 cm³/mol. The molecule has 1 rings (SSSR count). The van der Waals surface area contributed by atoms with Gasteiger partial charge < -0.3 is 15.8 Å². The fraction of sp³-hybridized carbons (Fsp3) is 0.923. The van der Waals surface area contributed by atoms with Gasteiger partial charge in [0.05, 0.1) is 13.2 Å². The van der Waals surface area contributed by atoms with Crippen LogP contribution in [0.4, 0.5) is 0 Å². The Hall–Kier alpha value is -0.650. The lowest BCUT2D eigenvalue weighted by Gasteiger charge is -2.29. The number of unbranched alkanes of at least 4 members (excludes halogenated alkanes) is 2. The van der Waals surface area contributed by atoms with Gasteiger partial charge in [-0.1, -0.05) is 6.42 Å². The molecule has 1 saturated heterocycles. The van der Waals surface area contributed by atoms with Crippen LogP contribution in [0.3, 0.4) is 0 Å². The van der Waals surface area contributed by atoms with E-state index in [0.717, 1.165) is 58.7 Å². The highest BCUT2D eigenvalue weighted by Crippen LogP contribution is 2.01. The Bertz CT molecular complexity index is 230. The van der Waals surface area contributed by atoms with E-state index < -0.39 is 0 Å². The molecule has 0 bridgehead atoms. The zero-order valence-electron chi connectivity index (χ0n) is 11.5. The van der Waals surface area contributed by atoms with Crippen LogP contribution < -0.4 is 11.1 Å². The smallest absolute Gasteiger partial charge is 0.220 e. The minimum atomic E-state index is 0.160. The molecule has 0 aromatic carbocycles. The Morgan fingerprint density at radius 2 is 2.06 bits per heavy atom. The molecule has 5 heteroatoms. The van der Waals surface area contributed by atoms with E-state index in [1.807, 2.05) is 0 Å². The number of carbonyl (C=O) groups is 1. The van der Waals surface area contributed by atoms with E-state index in [9.17, 15) is 4.79 Å². The van der Waals surface area contributed by atoms with Crippen molar-refractivity contribution in [1.29, 1.82) is 0 Å². The minimum absolute atomic E-state index is 0.160. The summed E-state index contributed by atoms with van der Waals surface area (Å²) in [4.78, 5) is 14.0. The van der Waals surface area contributed by atoms with Gasteiger partial charge in [-0.25, -0.2) is 0 Å². The summed E-state index contributed by atoms with van der Waals surface area (Å²) in [6.07, 6.45) is 3.61. The molecule has 1 unspecified atom stereocenters. The average molecular weight is 257 g/mol. The van der Waals surface area contributed by atoms with Crippen LogP contribution in [0.2, 0.25) is 0 Å². The summed E-state index contributed by atoms with van der Waals surface area (Å²) < 4.78 is 5.30. The van der Waals surface area contributed by atoms with Gasteiger partial charge in [-0.15, -0.1) is 0 Å². The molecule has 0 spiro atoms. The van der Waals surface area contributed by atoms with Gasteiger partial charge in [0.1, 0.15) is 0 Å². The molecule has 1 heterocycles. The van der Waals surface area contributed by atoms with Gasteiger partial charge in [0.25, 0.3) is 0 Å². The Kier molecular flexibility index (Phi) is 7.96. The molecule has 0 aromatic rings. The van der Waals surface area contributed by atoms with Crippen LogP contribution in [0.5, 0.6) is 0 Å². The molecule has 1 amide bonds. The maximum absolute atomic E-state index is 11.7. The van der Waals surface area contributed by atoms with Crippen LogP contribution in [-0.2, 0) is 9.53 Å². The maximum atomic E-state index is 11.7. The van der Waals surface area contributed by atoms with E-state index in [0.29, 0.717) is 6.42 Å². The topological polar surface area (TPSA) is 67.6 Å². The Balaban J connectivity index is 2.06. The van der Waals surface area contributed by atoms with Crippen molar-refractivity contribution in [2.45, 2.75) is 38.6 Å². The molecule has 5 nitrogen and oxygen atoms in total. The van der Waals surface area contributed by atoms with Gasteiger partial charge in [-0.2, -0.15) is 0 Å². The number of nitrogens with two attached hydrogens (primary N) is 1. The number of hydrogen-bond acceptors (Lipinski definition) is 4. The van der Waals surface area contributed by atoms with Crippen molar-refractivity contribution in [1.82, 2.24) is 10.2 Å². The number of ether oxygens (including phenoxy) is 1. The SMILES string of the molecule is CC(CN1CCOCC1)NC(=O)CCCCCN. The standard InChI is InChI=1S/C13H27N3O2/c1-12(11-16-7-9-18-10-8-16)15-13(17)5-3-2-4-6-14/h12H,2-11,14H2,1H3,(H,15,17). The third kappa shape index (κ3) is 6.93. The Morgan fingerprint density at radius 3 is 2.72 bits per heavy atom. The summed E-state index contributed by atoms with van der Waals surface area (Å²) in [6.45, 7) is 7.24. The summed E-state index contributed by atoms with van der Waals surface area (Å²) in [5.74, 6) is 0.160. The first-order chi connectivity index (χ1) is 8.72. The molecule has 0 aromatic heterocycles. The second-order valence-corrected chi connectivity index (χ2v) is 4.98. The highest BCUT2D eigenvalue weighted by atomic mass is 16.5. The molecule has 0 aliphatic carbocycles. The molecule has 1 fully saturated rings. The van der Waals surface area contributed by atoms with E-state index >= 15 is 0 Å². The normalized spacial score (nSPS) is 18.6. The van der Waals surface area contributed by atoms with E-state index in [1.165, 1.54) is 0 Å². The maximum Gasteiger partial charge on any atom is 0.220 e. The van der Waals surface area contributed by atoms with Crippen molar-refractivity contribution in [2.75, 3.05) is 39.4 Å². The number of nitrogens with one attached hydrogen (secondary N) is 1. The number of amides is 1. The van der Waals surface area contributed by atoms with E-state index in [4.69, 9.17) is 10.5 Å². The van der Waals surface area contributed by atoms with Gasteiger partial charge in [-0.3, -0.25) is 9.69 Å². The van der Waals surface area contributed by atoms with Crippen LogP contribution in [0.25, 0.3) is 0 Å². The lowest BCUT2D eigenvalue weighted by molar-refractivity contribution is -0.122. The quantitative estimate of drug-likeness (QED) is 0.615. The van der Waals surface area contributed by atoms with E-state index in [2.05, 4.69) is 17.1 Å². The van der Waals surface area contributed by atoms with Crippen molar-refractivity contribution in [3.05, 3.63) is 0 Å². The lowest BCUT2D eigenvalue weighted by atomic mass is 10.2. The van der Waals surface area contributed by atoms with Crippen molar-refractivity contribution < 1.29 is 9.53 Å². The monoisotopic (exact) mass is 257 g/mol. The third-order valence-electron chi connectivity index (χ3n) is 3.15. The van der Waals surface area contributed by atoms with Crippen LogP contribution in [0, 0.1) is 0 Å². The van der Waals surface area contributed by atoms with Crippen molar-refractivity contribution in [2.24, 2.45) is 5.73 Å². The molecule has 1 atom stereocenters. The Morgan fingerprint density at radius 1 is 1.33 bits per heavy atom. The average Bonchev–Trinajstić information content (AvgIpc) is 2.35. The first-order valence-electron chi connectivity index (χ1n) is 7.02. The second-order valence-electron chi connectivity index (χ2n) is 4.98. The Labute approximate surface area is 110 Å². The first-order valence-corrected chi connectivity index (χ1v) is 7.02. The molecule has 0 saturated carbocycles. The van der Waals surface area contributed by atoms with Gasteiger partial charge in [0.15, 0.2) is 0 Å². The molecule has 18 heavy (non-hydrogen) atoms. The van der Waals surface area contributed by atoms with E-state index in [-0.39, 0.29) is 11.9 Å². The lowest BCUT2D eigenvalue weighted by Crippen LogP contribution is -2.45. The highest BCUT2D eigenvalue weighted by Gasteiger charge is 2.14. The van der Waals surface area contributed by atoms with Crippen LogP contribution in [0.15, 0.2) is 0 Å². The van der Waals surface area contributed by atoms with Gasteiger partial charge >= 0.3 is 0 Å². The predicted octanol–water partition coefficient (Wildman–Crippen LogP) is 0.342. The van der Waals surface area contributed by atoms with Gasteiger partial charge in [-0.05, 0) is 26.3 Å². The summed E-state index contributed by atoms with van der Waals surface area (Å²) >= 11 is 0. The number of nitrogens with zero attached hydrogens (tertiary/aromatic N) is 1. The van der Waals surface area contributed by atoms with Gasteiger partial charge in [0, 0.05) is 32.1 Å². The first kappa shape index (κ1) is 15.4. The summed E-state index contributed by atoms with van der Waals surface area (Å²) in [5, 5.41) is 3.05. The fourth-order valence-electron chi connectivity index (χ4n) is 2.17. The minimum Gasteiger partial charge on any atom is -0.379 e. The van der Waals surface area contributed by atoms with Gasteiger partial charge in [0.2, 0.25) is 5.91 Å². The van der Waals surface area contributed by atoms with E-state index in [1.54, 1.807) is 0 Å². The van der Waals surface area contributed by atoms with Crippen molar-refractivity contribution >= 4 is 5.91 Å². The van der Waals surface area contributed by atoms with Crippen molar-refractivity contribution in [3.8, 4) is 0 Å². The zero-order valence-corrected chi connectivity index (χ0v) is 11.5. The van der Waals surface area contributed by atoms with Crippen LogP contribution >= 0.6 is 0 Å². The number of morpholine rings is 1. The fourth-order valence-corrected chi connectivity index (χ4v) is 2.17. The largest absolute Gasteiger partial charge is 0.379 e. The zero-order chi connectivity index (χ0) is 13.2. The van der Waals surface area contributed by atoms with Crippen LogP contribution in [0.1, 0.15) is 32.6 Å². The molecule has 106 valence electrons. The number of rotatable bonds is 8. The summed E-state index contributed by atoms with van der Waals surface area (Å²) in [6, 6.07) is 0.213. The second kappa shape index (κ2) is 9.30. The molecule has 1 aliphatic rings. The molecule has 0 radical (unpaired) electrons. The van der Waals surface area contributed by atoms with Crippen LogP contribution in [-0.4, -0.2) is 56.2 Å². The van der Waals surface area contributed by atoms with Crippen molar-refractivity contribution in [3.63, 3.8) is 0 Å². The summed E-state index contributed by atoms with van der Waals surface area (Å²) in [7, 11) is 0. The highest BCUT2D eigenvalue weighted by molar-refractivity contribution is 5.76. The molecular weight excluding hydrogens is 230 g/mol. The summed E-state index contributed by atoms with van der Waals surface area (Å²) in [5.41, 5.74) is 5.41.